The normalized spacial score (nSPS) is 18.0. The van der Waals surface area contributed by atoms with Crippen molar-refractivity contribution >= 4 is 6.08 Å². The third kappa shape index (κ3) is 2.19. The van der Waals surface area contributed by atoms with E-state index in [9.17, 15) is 0 Å². The lowest BCUT2D eigenvalue weighted by molar-refractivity contribution is 1.24. The molecule has 0 amide bonds. The van der Waals surface area contributed by atoms with E-state index in [1.54, 1.807) is 0 Å². The molecule has 63 valence electrons. The van der Waals surface area contributed by atoms with E-state index in [1.165, 1.54) is 11.1 Å². The van der Waals surface area contributed by atoms with Crippen molar-refractivity contribution in [2.24, 2.45) is 0 Å². The molecule has 1 aliphatic carbocycles. The quantitative estimate of drug-likeness (QED) is 0.601. The molecular formula is C13H11. The van der Waals surface area contributed by atoms with Gasteiger partial charge in [0.1, 0.15) is 0 Å². The van der Waals surface area contributed by atoms with Gasteiger partial charge in [-0.05, 0) is 23.6 Å². The van der Waals surface area contributed by atoms with E-state index in [2.05, 4.69) is 42.5 Å². The number of hydrogen-bond donors (Lipinski definition) is 0. The lowest BCUT2D eigenvalue weighted by Gasteiger charge is -2.01. The first-order valence-corrected chi connectivity index (χ1v) is 4.44. The topological polar surface area (TPSA) is 0 Å². The molecular weight excluding hydrogens is 156 g/mol. The molecule has 1 aliphatic rings. The van der Waals surface area contributed by atoms with Gasteiger partial charge in [-0.25, -0.2) is 0 Å². The predicted octanol–water partition coefficient (Wildman–Crippen LogP) is 3.39. The Kier molecular flexibility index (Phi) is 2.42. The highest BCUT2D eigenvalue weighted by Crippen LogP contribution is 2.13. The van der Waals surface area contributed by atoms with Crippen LogP contribution in [0.25, 0.3) is 6.08 Å². The van der Waals surface area contributed by atoms with Gasteiger partial charge in [-0.2, -0.15) is 0 Å². The van der Waals surface area contributed by atoms with E-state index in [1.807, 2.05) is 18.2 Å². The van der Waals surface area contributed by atoms with Crippen molar-refractivity contribution in [3.63, 3.8) is 0 Å². The Morgan fingerprint density at radius 2 is 2.00 bits per heavy atom. The fraction of sp³-hybridized carbons (Fsp3) is 0.0769. The standard InChI is InChI=1S/C13H11/c1-3-7-12(8-4-1)11-13-9-5-2-6-10-13/h1-5,7-9,11H,10H2/b13-11+. The highest BCUT2D eigenvalue weighted by molar-refractivity contribution is 5.56. The van der Waals surface area contributed by atoms with Gasteiger partial charge >= 0.3 is 0 Å². The van der Waals surface area contributed by atoms with Crippen LogP contribution in [-0.2, 0) is 0 Å². The molecule has 1 aromatic rings. The van der Waals surface area contributed by atoms with Crippen molar-refractivity contribution in [1.29, 1.82) is 0 Å². The van der Waals surface area contributed by atoms with Crippen LogP contribution in [0.5, 0.6) is 0 Å². The summed E-state index contributed by atoms with van der Waals surface area (Å²) < 4.78 is 0. The lowest BCUT2D eigenvalue weighted by Crippen LogP contribution is -1.81. The molecule has 1 radical (unpaired) electrons. The van der Waals surface area contributed by atoms with Crippen molar-refractivity contribution in [3.05, 3.63) is 65.8 Å². The summed E-state index contributed by atoms with van der Waals surface area (Å²) in [5.41, 5.74) is 2.57. The van der Waals surface area contributed by atoms with Crippen LogP contribution in [0.1, 0.15) is 12.0 Å². The largest absolute Gasteiger partial charge is 0.0622 e. The second-order valence-electron chi connectivity index (χ2n) is 3.04. The van der Waals surface area contributed by atoms with Crippen LogP contribution in [0.4, 0.5) is 0 Å². The molecule has 0 aliphatic heterocycles. The lowest BCUT2D eigenvalue weighted by atomic mass is 10.0. The summed E-state index contributed by atoms with van der Waals surface area (Å²) in [6.45, 7) is 0. The summed E-state index contributed by atoms with van der Waals surface area (Å²) in [4.78, 5) is 0. The Labute approximate surface area is 78.9 Å². The molecule has 0 unspecified atom stereocenters. The Balaban J connectivity index is 2.21. The highest BCUT2D eigenvalue weighted by atomic mass is 14.0. The molecule has 0 spiro atoms. The Morgan fingerprint density at radius 1 is 1.15 bits per heavy atom. The average Bonchev–Trinajstić information content (AvgIpc) is 2.21. The first-order chi connectivity index (χ1) is 6.45. The highest BCUT2D eigenvalue weighted by Gasteiger charge is 1.93. The van der Waals surface area contributed by atoms with Gasteiger partial charge in [0, 0.05) is 0 Å². The average molecular weight is 167 g/mol. The van der Waals surface area contributed by atoms with Crippen LogP contribution in [-0.4, -0.2) is 0 Å². The molecule has 0 bridgehead atoms. The Morgan fingerprint density at radius 3 is 2.69 bits per heavy atom. The summed E-state index contributed by atoms with van der Waals surface area (Å²) >= 11 is 0. The first kappa shape index (κ1) is 8.06. The summed E-state index contributed by atoms with van der Waals surface area (Å²) in [6, 6.07) is 10.4. The minimum Gasteiger partial charge on any atom is -0.0622 e. The zero-order chi connectivity index (χ0) is 8.93. The van der Waals surface area contributed by atoms with E-state index < -0.39 is 0 Å². The molecule has 0 saturated carbocycles. The summed E-state index contributed by atoms with van der Waals surface area (Å²) in [7, 11) is 0. The van der Waals surface area contributed by atoms with Gasteiger partial charge in [0.2, 0.25) is 0 Å². The van der Waals surface area contributed by atoms with E-state index in [0.717, 1.165) is 6.42 Å². The predicted molar refractivity (Wildman–Crippen MR) is 56.0 cm³/mol. The van der Waals surface area contributed by atoms with Crippen LogP contribution < -0.4 is 0 Å². The second kappa shape index (κ2) is 3.90. The minimum atomic E-state index is 0.922. The van der Waals surface area contributed by atoms with Crippen molar-refractivity contribution in [1.82, 2.24) is 0 Å². The zero-order valence-corrected chi connectivity index (χ0v) is 7.40. The van der Waals surface area contributed by atoms with Gasteiger partial charge in [0.05, 0.1) is 0 Å². The van der Waals surface area contributed by atoms with Crippen molar-refractivity contribution in [3.8, 4) is 0 Å². The summed E-state index contributed by atoms with van der Waals surface area (Å²) in [5.74, 6) is 0. The van der Waals surface area contributed by atoms with E-state index in [0.29, 0.717) is 0 Å². The minimum absolute atomic E-state index is 0.922. The van der Waals surface area contributed by atoms with Crippen LogP contribution in [0.2, 0.25) is 0 Å². The molecule has 0 heterocycles. The number of allylic oxidation sites excluding steroid dienone is 5. The Bertz CT molecular complexity index is 353. The molecule has 1 aromatic carbocycles. The summed E-state index contributed by atoms with van der Waals surface area (Å²) in [6.07, 6.45) is 12.4. The fourth-order valence-corrected chi connectivity index (χ4v) is 1.34. The van der Waals surface area contributed by atoms with Gasteiger partial charge in [-0.3, -0.25) is 0 Å². The van der Waals surface area contributed by atoms with Gasteiger partial charge in [0.25, 0.3) is 0 Å². The van der Waals surface area contributed by atoms with E-state index in [-0.39, 0.29) is 0 Å². The third-order valence-corrected chi connectivity index (χ3v) is 1.98. The second-order valence-corrected chi connectivity index (χ2v) is 3.04. The SMILES string of the molecule is [C]1=CC=C/C(=C\c2ccccc2)C1. The van der Waals surface area contributed by atoms with Crippen LogP contribution >= 0.6 is 0 Å². The number of hydrogen-bond acceptors (Lipinski definition) is 0. The van der Waals surface area contributed by atoms with Crippen molar-refractivity contribution in [2.45, 2.75) is 6.42 Å². The fourth-order valence-electron chi connectivity index (χ4n) is 1.34. The third-order valence-electron chi connectivity index (χ3n) is 1.98. The number of rotatable bonds is 1. The van der Waals surface area contributed by atoms with Gasteiger partial charge in [0.15, 0.2) is 0 Å². The molecule has 0 nitrogen and oxygen atoms in total. The Hall–Kier alpha value is -1.56. The smallest absolute Gasteiger partial charge is 0.00227 e. The first-order valence-electron chi connectivity index (χ1n) is 4.44. The number of benzene rings is 1. The monoisotopic (exact) mass is 167 g/mol. The maximum Gasteiger partial charge on any atom is -0.00227 e. The maximum absolute atomic E-state index is 3.17. The van der Waals surface area contributed by atoms with Crippen LogP contribution in [0.3, 0.4) is 0 Å². The molecule has 0 heteroatoms. The molecule has 0 fully saturated rings. The maximum atomic E-state index is 3.17. The van der Waals surface area contributed by atoms with E-state index in [4.69, 9.17) is 0 Å². The summed E-state index contributed by atoms with van der Waals surface area (Å²) in [5, 5.41) is 0. The molecule has 0 aromatic heterocycles. The van der Waals surface area contributed by atoms with Gasteiger partial charge < -0.3 is 0 Å². The molecule has 0 N–H and O–H groups in total. The van der Waals surface area contributed by atoms with Gasteiger partial charge in [-0.1, -0.05) is 54.6 Å². The van der Waals surface area contributed by atoms with Crippen molar-refractivity contribution < 1.29 is 0 Å². The van der Waals surface area contributed by atoms with Crippen molar-refractivity contribution in [2.75, 3.05) is 0 Å². The molecule has 2 rings (SSSR count). The van der Waals surface area contributed by atoms with Crippen LogP contribution in [0, 0.1) is 6.08 Å². The van der Waals surface area contributed by atoms with E-state index >= 15 is 0 Å². The molecule has 0 atom stereocenters. The zero-order valence-electron chi connectivity index (χ0n) is 7.40. The van der Waals surface area contributed by atoms with Gasteiger partial charge in [-0.15, -0.1) is 0 Å². The van der Waals surface area contributed by atoms with Crippen LogP contribution in [0.15, 0.2) is 54.1 Å². The molecule has 13 heavy (non-hydrogen) atoms. The molecule has 0 saturated heterocycles.